The van der Waals surface area contributed by atoms with E-state index in [2.05, 4.69) is 44.4 Å². The summed E-state index contributed by atoms with van der Waals surface area (Å²) in [6, 6.07) is 1.24. The Bertz CT molecular complexity index is 214. The molecule has 1 aliphatic rings. The predicted molar refractivity (Wildman–Crippen MR) is 75.2 cm³/mol. The minimum Gasteiger partial charge on any atom is -0.329 e. The molecule has 1 saturated heterocycles. The summed E-state index contributed by atoms with van der Waals surface area (Å²) in [7, 11) is 0. The van der Waals surface area contributed by atoms with Crippen LogP contribution in [-0.2, 0) is 0 Å². The molecule has 102 valence electrons. The molecule has 17 heavy (non-hydrogen) atoms. The summed E-state index contributed by atoms with van der Waals surface area (Å²) in [4.78, 5) is 5.19. The van der Waals surface area contributed by atoms with Crippen LogP contribution in [-0.4, -0.2) is 54.6 Å². The lowest BCUT2D eigenvalue weighted by atomic mass is 9.85. The summed E-state index contributed by atoms with van der Waals surface area (Å²) < 4.78 is 0. The van der Waals surface area contributed by atoms with E-state index in [1.54, 1.807) is 0 Å². The summed E-state index contributed by atoms with van der Waals surface area (Å²) in [6.07, 6.45) is 1.25. The van der Waals surface area contributed by atoms with E-state index < -0.39 is 0 Å². The first-order valence-corrected chi connectivity index (χ1v) is 7.08. The lowest BCUT2D eigenvalue weighted by Crippen LogP contribution is -2.57. The van der Waals surface area contributed by atoms with E-state index in [-0.39, 0.29) is 5.41 Å². The van der Waals surface area contributed by atoms with Crippen LogP contribution >= 0.6 is 0 Å². The molecule has 0 amide bonds. The zero-order valence-electron chi connectivity index (χ0n) is 12.4. The first-order valence-electron chi connectivity index (χ1n) is 7.08. The molecule has 0 saturated carbocycles. The summed E-state index contributed by atoms with van der Waals surface area (Å²) in [5, 5.41) is 0. The standard InChI is InChI=1S/C14H31N3/c1-6-12(2)16-7-9-17(10-8-16)13(11-15)14(3,4)5/h12-13H,6-11,15H2,1-5H3. The summed E-state index contributed by atoms with van der Waals surface area (Å²) in [5.41, 5.74) is 6.24. The van der Waals surface area contributed by atoms with Gasteiger partial charge < -0.3 is 5.73 Å². The van der Waals surface area contributed by atoms with Gasteiger partial charge in [-0.1, -0.05) is 27.7 Å². The van der Waals surface area contributed by atoms with Gasteiger partial charge in [0.25, 0.3) is 0 Å². The van der Waals surface area contributed by atoms with Crippen LogP contribution in [0.4, 0.5) is 0 Å². The van der Waals surface area contributed by atoms with E-state index in [9.17, 15) is 0 Å². The molecule has 3 nitrogen and oxygen atoms in total. The zero-order chi connectivity index (χ0) is 13.1. The van der Waals surface area contributed by atoms with E-state index >= 15 is 0 Å². The number of nitrogens with two attached hydrogens (primary N) is 1. The van der Waals surface area contributed by atoms with Crippen molar-refractivity contribution in [1.82, 2.24) is 9.80 Å². The monoisotopic (exact) mass is 241 g/mol. The molecule has 0 radical (unpaired) electrons. The fraction of sp³-hybridized carbons (Fsp3) is 1.00. The van der Waals surface area contributed by atoms with E-state index in [1.807, 2.05) is 0 Å². The molecule has 0 aromatic heterocycles. The highest BCUT2D eigenvalue weighted by Gasteiger charge is 2.31. The van der Waals surface area contributed by atoms with Gasteiger partial charge in [-0.25, -0.2) is 0 Å². The fourth-order valence-corrected chi connectivity index (χ4v) is 2.80. The van der Waals surface area contributed by atoms with Crippen molar-refractivity contribution in [3.63, 3.8) is 0 Å². The van der Waals surface area contributed by atoms with Gasteiger partial charge in [-0.3, -0.25) is 9.80 Å². The van der Waals surface area contributed by atoms with Crippen molar-refractivity contribution in [2.24, 2.45) is 11.1 Å². The van der Waals surface area contributed by atoms with Crippen molar-refractivity contribution >= 4 is 0 Å². The molecule has 0 spiro atoms. The van der Waals surface area contributed by atoms with Crippen molar-refractivity contribution in [2.45, 2.75) is 53.1 Å². The van der Waals surface area contributed by atoms with Crippen molar-refractivity contribution in [1.29, 1.82) is 0 Å². The minimum atomic E-state index is 0.285. The van der Waals surface area contributed by atoms with Gasteiger partial charge in [-0.2, -0.15) is 0 Å². The number of rotatable bonds is 4. The number of nitrogens with zero attached hydrogens (tertiary/aromatic N) is 2. The maximum Gasteiger partial charge on any atom is 0.0267 e. The first kappa shape index (κ1) is 14.9. The molecular formula is C14H31N3. The molecule has 1 aliphatic heterocycles. The third-order valence-corrected chi connectivity index (χ3v) is 4.23. The highest BCUT2D eigenvalue weighted by Crippen LogP contribution is 2.25. The van der Waals surface area contributed by atoms with Gasteiger partial charge in [0.2, 0.25) is 0 Å². The largest absolute Gasteiger partial charge is 0.329 e. The summed E-state index contributed by atoms with van der Waals surface area (Å²) in [5.74, 6) is 0. The van der Waals surface area contributed by atoms with Gasteiger partial charge in [-0.15, -0.1) is 0 Å². The number of piperazine rings is 1. The van der Waals surface area contributed by atoms with Gasteiger partial charge in [0, 0.05) is 44.8 Å². The van der Waals surface area contributed by atoms with Crippen molar-refractivity contribution in [3.05, 3.63) is 0 Å². The molecule has 0 aromatic rings. The topological polar surface area (TPSA) is 32.5 Å². The molecule has 2 N–H and O–H groups in total. The minimum absolute atomic E-state index is 0.285. The Morgan fingerprint density at radius 3 is 1.88 bits per heavy atom. The maximum absolute atomic E-state index is 5.96. The van der Waals surface area contributed by atoms with Gasteiger partial charge in [-0.05, 0) is 18.8 Å². The van der Waals surface area contributed by atoms with Crippen LogP contribution < -0.4 is 5.73 Å². The average Bonchev–Trinajstić information content (AvgIpc) is 2.28. The van der Waals surface area contributed by atoms with Crippen LogP contribution in [0.3, 0.4) is 0 Å². The molecule has 0 aliphatic carbocycles. The molecule has 1 fully saturated rings. The SMILES string of the molecule is CCC(C)N1CCN(C(CN)C(C)(C)C)CC1. The lowest BCUT2D eigenvalue weighted by Gasteiger charge is -2.45. The first-order chi connectivity index (χ1) is 7.90. The van der Waals surface area contributed by atoms with E-state index in [0.29, 0.717) is 6.04 Å². The van der Waals surface area contributed by atoms with Crippen LogP contribution in [0.25, 0.3) is 0 Å². The third-order valence-electron chi connectivity index (χ3n) is 4.23. The Hall–Kier alpha value is -0.120. The molecule has 0 aromatic carbocycles. The quantitative estimate of drug-likeness (QED) is 0.814. The van der Waals surface area contributed by atoms with Gasteiger partial charge in [0.1, 0.15) is 0 Å². The fourth-order valence-electron chi connectivity index (χ4n) is 2.80. The van der Waals surface area contributed by atoms with Crippen LogP contribution in [0.5, 0.6) is 0 Å². The molecule has 1 rings (SSSR count). The highest BCUT2D eigenvalue weighted by molar-refractivity contribution is 4.87. The Balaban J connectivity index is 2.51. The third kappa shape index (κ3) is 3.94. The second kappa shape index (κ2) is 6.17. The van der Waals surface area contributed by atoms with Crippen LogP contribution in [0.1, 0.15) is 41.0 Å². The van der Waals surface area contributed by atoms with Gasteiger partial charge >= 0.3 is 0 Å². The number of hydrogen-bond donors (Lipinski definition) is 1. The molecule has 1 heterocycles. The Morgan fingerprint density at radius 1 is 1.06 bits per heavy atom. The van der Waals surface area contributed by atoms with E-state index in [4.69, 9.17) is 5.73 Å². The molecule has 0 bridgehead atoms. The second-order valence-electron chi connectivity index (χ2n) is 6.45. The van der Waals surface area contributed by atoms with Crippen LogP contribution in [0.15, 0.2) is 0 Å². The predicted octanol–water partition coefficient (Wildman–Crippen LogP) is 1.78. The molecule has 2 unspecified atom stereocenters. The smallest absolute Gasteiger partial charge is 0.0267 e. The Labute approximate surface area is 107 Å². The van der Waals surface area contributed by atoms with E-state index in [0.717, 1.165) is 12.6 Å². The van der Waals surface area contributed by atoms with Crippen molar-refractivity contribution < 1.29 is 0 Å². The van der Waals surface area contributed by atoms with E-state index in [1.165, 1.54) is 32.6 Å². The number of hydrogen-bond acceptors (Lipinski definition) is 3. The van der Waals surface area contributed by atoms with Crippen LogP contribution in [0, 0.1) is 5.41 Å². The van der Waals surface area contributed by atoms with Crippen molar-refractivity contribution in [2.75, 3.05) is 32.7 Å². The maximum atomic E-state index is 5.96. The van der Waals surface area contributed by atoms with Gasteiger partial charge in [0.15, 0.2) is 0 Å². The second-order valence-corrected chi connectivity index (χ2v) is 6.45. The molecule has 2 atom stereocenters. The highest BCUT2D eigenvalue weighted by atomic mass is 15.3. The molecule has 3 heteroatoms. The average molecular weight is 241 g/mol. The Kier molecular flexibility index (Phi) is 5.42. The lowest BCUT2D eigenvalue weighted by molar-refractivity contribution is 0.0359. The summed E-state index contributed by atoms with van der Waals surface area (Å²) in [6.45, 7) is 17.0. The Morgan fingerprint density at radius 2 is 1.53 bits per heavy atom. The van der Waals surface area contributed by atoms with Gasteiger partial charge in [0.05, 0.1) is 0 Å². The zero-order valence-corrected chi connectivity index (χ0v) is 12.4. The van der Waals surface area contributed by atoms with Crippen molar-refractivity contribution in [3.8, 4) is 0 Å². The summed E-state index contributed by atoms with van der Waals surface area (Å²) >= 11 is 0. The van der Waals surface area contributed by atoms with Crippen LogP contribution in [0.2, 0.25) is 0 Å². The molecular weight excluding hydrogens is 210 g/mol. The normalized spacial score (nSPS) is 23.6.